The van der Waals surface area contributed by atoms with Gasteiger partial charge in [0.05, 0.1) is 11.6 Å². The molecule has 2 nitrogen and oxygen atoms in total. The van der Waals surface area contributed by atoms with Crippen molar-refractivity contribution in [1.29, 1.82) is 5.26 Å². The molecular formula is C14H14N2. The Kier molecular flexibility index (Phi) is 2.18. The van der Waals surface area contributed by atoms with E-state index < -0.39 is 0 Å². The maximum absolute atomic E-state index is 8.78. The van der Waals surface area contributed by atoms with Crippen LogP contribution in [0.4, 0.5) is 5.69 Å². The maximum Gasteiger partial charge on any atom is 0.0991 e. The van der Waals surface area contributed by atoms with Crippen molar-refractivity contribution in [1.82, 2.24) is 0 Å². The zero-order valence-electron chi connectivity index (χ0n) is 9.13. The third kappa shape index (κ3) is 1.40. The predicted molar refractivity (Wildman–Crippen MR) is 64.2 cm³/mol. The van der Waals surface area contributed by atoms with Gasteiger partial charge in [-0.2, -0.15) is 5.26 Å². The third-order valence-corrected chi connectivity index (χ3v) is 3.61. The Bertz CT molecular complexity index is 453. The molecule has 2 aliphatic heterocycles. The van der Waals surface area contributed by atoms with Gasteiger partial charge in [-0.05, 0) is 43.5 Å². The smallest absolute Gasteiger partial charge is 0.0991 e. The van der Waals surface area contributed by atoms with E-state index in [1.165, 1.54) is 18.5 Å². The Morgan fingerprint density at radius 1 is 1.19 bits per heavy atom. The lowest BCUT2D eigenvalue weighted by Crippen LogP contribution is -2.37. The van der Waals surface area contributed by atoms with Gasteiger partial charge in [0.25, 0.3) is 0 Å². The van der Waals surface area contributed by atoms with E-state index in [1.54, 1.807) is 0 Å². The lowest BCUT2D eigenvalue weighted by atomic mass is 10.1. The molecule has 2 heteroatoms. The molecule has 1 fully saturated rings. The fraction of sp³-hybridized carbons (Fsp3) is 0.357. The lowest BCUT2D eigenvalue weighted by Gasteiger charge is -2.33. The quantitative estimate of drug-likeness (QED) is 0.666. The minimum atomic E-state index is 0.576. The highest BCUT2D eigenvalue weighted by atomic mass is 15.2. The Hall–Kier alpha value is -1.75. The number of nitriles is 1. The van der Waals surface area contributed by atoms with Crippen LogP contribution >= 0.6 is 0 Å². The van der Waals surface area contributed by atoms with Crippen LogP contribution in [0.2, 0.25) is 0 Å². The summed E-state index contributed by atoms with van der Waals surface area (Å²) in [5.41, 5.74) is 2.00. The molecule has 2 atom stereocenters. The van der Waals surface area contributed by atoms with Crippen LogP contribution in [0, 0.1) is 11.3 Å². The first-order valence-corrected chi connectivity index (χ1v) is 5.83. The molecule has 0 amide bonds. The average molecular weight is 210 g/mol. The van der Waals surface area contributed by atoms with Gasteiger partial charge in [-0.3, -0.25) is 0 Å². The van der Waals surface area contributed by atoms with E-state index in [-0.39, 0.29) is 0 Å². The molecule has 0 aliphatic carbocycles. The fourth-order valence-electron chi connectivity index (χ4n) is 2.84. The van der Waals surface area contributed by atoms with Gasteiger partial charge in [0.15, 0.2) is 0 Å². The molecule has 1 aromatic rings. The monoisotopic (exact) mass is 210 g/mol. The normalized spacial score (nSPS) is 26.8. The summed E-state index contributed by atoms with van der Waals surface area (Å²) in [6.07, 6.45) is 8.35. The van der Waals surface area contributed by atoms with Gasteiger partial charge in [-0.25, -0.2) is 0 Å². The zero-order valence-corrected chi connectivity index (χ0v) is 9.13. The van der Waals surface area contributed by atoms with Gasteiger partial charge in [-0.15, -0.1) is 0 Å². The Morgan fingerprint density at radius 2 is 2.00 bits per heavy atom. The van der Waals surface area contributed by atoms with Crippen molar-refractivity contribution in [2.45, 2.75) is 31.3 Å². The predicted octanol–water partition coefficient (Wildman–Crippen LogP) is 2.86. The van der Waals surface area contributed by atoms with Crippen molar-refractivity contribution in [2.24, 2.45) is 0 Å². The summed E-state index contributed by atoms with van der Waals surface area (Å²) in [5, 5.41) is 8.78. The Labute approximate surface area is 95.8 Å². The van der Waals surface area contributed by atoms with Gasteiger partial charge >= 0.3 is 0 Å². The molecule has 1 aromatic carbocycles. The first kappa shape index (κ1) is 9.47. The van der Waals surface area contributed by atoms with Crippen LogP contribution in [0.25, 0.3) is 0 Å². The molecular weight excluding hydrogens is 196 g/mol. The van der Waals surface area contributed by atoms with E-state index in [4.69, 9.17) is 5.26 Å². The molecule has 0 aromatic heterocycles. The van der Waals surface area contributed by atoms with Gasteiger partial charge in [0.1, 0.15) is 0 Å². The standard InChI is InChI=1S/C14H14N2/c15-10-11-4-6-14(7-5-11)16-12-2-1-3-13(16)9-8-12/h1-2,4-7,12-13H,3,8-9H2/t12-,13+/m0/s1. The molecule has 1 saturated heterocycles. The molecule has 0 radical (unpaired) electrons. The molecule has 0 unspecified atom stereocenters. The fourth-order valence-corrected chi connectivity index (χ4v) is 2.84. The summed E-state index contributed by atoms with van der Waals surface area (Å²) in [4.78, 5) is 2.50. The molecule has 2 heterocycles. The number of fused-ring (bicyclic) bond motifs is 2. The van der Waals surface area contributed by atoms with Crippen molar-refractivity contribution in [2.75, 3.05) is 4.90 Å². The van der Waals surface area contributed by atoms with Crippen molar-refractivity contribution in [3.05, 3.63) is 42.0 Å². The summed E-state index contributed by atoms with van der Waals surface area (Å²) >= 11 is 0. The van der Waals surface area contributed by atoms with Crippen LogP contribution in [0.1, 0.15) is 24.8 Å². The molecule has 3 rings (SSSR count). The second-order valence-electron chi connectivity index (χ2n) is 4.53. The van der Waals surface area contributed by atoms with Crippen LogP contribution in [-0.4, -0.2) is 12.1 Å². The minimum Gasteiger partial charge on any atom is -0.362 e. The van der Waals surface area contributed by atoms with E-state index in [0.29, 0.717) is 12.1 Å². The highest BCUT2D eigenvalue weighted by molar-refractivity contribution is 5.54. The highest BCUT2D eigenvalue weighted by Crippen LogP contribution is 2.35. The van der Waals surface area contributed by atoms with Crippen molar-refractivity contribution in [3.8, 4) is 6.07 Å². The van der Waals surface area contributed by atoms with Crippen molar-refractivity contribution >= 4 is 5.69 Å². The van der Waals surface area contributed by atoms with Crippen LogP contribution in [0.5, 0.6) is 0 Å². The average Bonchev–Trinajstić information content (AvgIpc) is 2.59. The number of benzene rings is 1. The summed E-state index contributed by atoms with van der Waals surface area (Å²) in [5.74, 6) is 0. The van der Waals surface area contributed by atoms with E-state index in [1.807, 2.05) is 12.1 Å². The molecule has 16 heavy (non-hydrogen) atoms. The van der Waals surface area contributed by atoms with Gasteiger partial charge < -0.3 is 4.90 Å². The highest BCUT2D eigenvalue weighted by Gasteiger charge is 2.33. The molecule has 2 aliphatic rings. The van der Waals surface area contributed by atoms with Crippen molar-refractivity contribution < 1.29 is 0 Å². The van der Waals surface area contributed by atoms with Crippen LogP contribution in [0.3, 0.4) is 0 Å². The zero-order chi connectivity index (χ0) is 11.0. The number of nitrogens with zero attached hydrogens (tertiary/aromatic N) is 2. The van der Waals surface area contributed by atoms with Gasteiger partial charge in [0, 0.05) is 17.8 Å². The molecule has 80 valence electrons. The molecule has 2 bridgehead atoms. The summed E-state index contributed by atoms with van der Waals surface area (Å²) in [7, 11) is 0. The molecule has 0 saturated carbocycles. The minimum absolute atomic E-state index is 0.576. The van der Waals surface area contributed by atoms with E-state index >= 15 is 0 Å². The summed E-state index contributed by atoms with van der Waals surface area (Å²) < 4.78 is 0. The largest absolute Gasteiger partial charge is 0.362 e. The Morgan fingerprint density at radius 3 is 2.69 bits per heavy atom. The number of rotatable bonds is 1. The van der Waals surface area contributed by atoms with Gasteiger partial charge in [0.2, 0.25) is 0 Å². The van der Waals surface area contributed by atoms with Crippen LogP contribution < -0.4 is 4.90 Å². The summed E-state index contributed by atoms with van der Waals surface area (Å²) in [6, 6.07) is 11.4. The Balaban J connectivity index is 1.93. The van der Waals surface area contributed by atoms with Crippen molar-refractivity contribution in [3.63, 3.8) is 0 Å². The second kappa shape index (κ2) is 3.68. The van der Waals surface area contributed by atoms with Crippen LogP contribution in [-0.2, 0) is 0 Å². The molecule has 0 N–H and O–H groups in total. The maximum atomic E-state index is 8.78. The third-order valence-electron chi connectivity index (χ3n) is 3.61. The number of anilines is 1. The second-order valence-corrected chi connectivity index (χ2v) is 4.53. The first-order chi connectivity index (χ1) is 7.88. The first-order valence-electron chi connectivity index (χ1n) is 5.83. The SMILES string of the molecule is N#Cc1ccc(N2[C@@H]3CC=C[C@H]2CC3)cc1. The summed E-state index contributed by atoms with van der Waals surface area (Å²) in [6.45, 7) is 0. The van der Waals surface area contributed by atoms with E-state index in [2.05, 4.69) is 35.3 Å². The number of hydrogen-bond acceptors (Lipinski definition) is 2. The lowest BCUT2D eigenvalue weighted by molar-refractivity contribution is 0.649. The van der Waals surface area contributed by atoms with Gasteiger partial charge in [-0.1, -0.05) is 12.2 Å². The topological polar surface area (TPSA) is 27.0 Å². The van der Waals surface area contributed by atoms with E-state index in [0.717, 1.165) is 12.0 Å². The molecule has 0 spiro atoms. The number of hydrogen-bond donors (Lipinski definition) is 0. The van der Waals surface area contributed by atoms with E-state index in [9.17, 15) is 0 Å². The van der Waals surface area contributed by atoms with Crippen LogP contribution in [0.15, 0.2) is 36.4 Å².